The van der Waals surface area contributed by atoms with E-state index in [1.807, 2.05) is 6.92 Å². The van der Waals surface area contributed by atoms with Gasteiger partial charge in [-0.1, -0.05) is 13.8 Å². The highest BCUT2D eigenvalue weighted by molar-refractivity contribution is 5.20. The predicted octanol–water partition coefficient (Wildman–Crippen LogP) is 2.47. The van der Waals surface area contributed by atoms with Gasteiger partial charge in [0.05, 0.1) is 23.9 Å². The minimum Gasteiger partial charge on any atom is -0.393 e. The monoisotopic (exact) mass is 352 g/mol. The van der Waals surface area contributed by atoms with Gasteiger partial charge < -0.3 is 20.4 Å². The highest BCUT2D eigenvalue weighted by Crippen LogP contribution is 2.69. The summed E-state index contributed by atoms with van der Waals surface area (Å²) in [6, 6.07) is 0. The van der Waals surface area contributed by atoms with Crippen molar-refractivity contribution < 1.29 is 20.4 Å². The van der Waals surface area contributed by atoms with Gasteiger partial charge in [-0.15, -0.1) is 0 Å². The summed E-state index contributed by atoms with van der Waals surface area (Å²) < 4.78 is 0. The van der Waals surface area contributed by atoms with Crippen LogP contribution in [0.15, 0.2) is 0 Å². The number of fused-ring (bicyclic) bond motifs is 5. The molecular formula is C21H36O4. The maximum absolute atomic E-state index is 11.9. The van der Waals surface area contributed by atoms with Gasteiger partial charge in [0.2, 0.25) is 0 Å². The van der Waals surface area contributed by atoms with Crippen molar-refractivity contribution in [1.82, 2.24) is 0 Å². The Morgan fingerprint density at radius 1 is 0.920 bits per heavy atom. The lowest BCUT2D eigenvalue weighted by Gasteiger charge is -2.65. The third-order valence-corrected chi connectivity index (χ3v) is 9.57. The number of aliphatic hydroxyl groups is 4. The Labute approximate surface area is 151 Å². The number of rotatable bonds is 1. The topological polar surface area (TPSA) is 80.9 Å². The summed E-state index contributed by atoms with van der Waals surface area (Å²) in [7, 11) is 0. The molecule has 0 aromatic rings. The van der Waals surface area contributed by atoms with E-state index in [9.17, 15) is 20.4 Å². The van der Waals surface area contributed by atoms with Crippen LogP contribution in [0.3, 0.4) is 0 Å². The number of aliphatic hydroxyl groups excluding tert-OH is 3. The molecule has 4 saturated carbocycles. The largest absolute Gasteiger partial charge is 0.393 e. The van der Waals surface area contributed by atoms with Crippen molar-refractivity contribution in [2.24, 2.45) is 34.5 Å². The molecule has 4 N–H and O–H groups in total. The van der Waals surface area contributed by atoms with E-state index >= 15 is 0 Å². The summed E-state index contributed by atoms with van der Waals surface area (Å²) in [5, 5.41) is 43.5. The summed E-state index contributed by atoms with van der Waals surface area (Å²) in [6.07, 6.45) is 5.76. The van der Waals surface area contributed by atoms with Crippen molar-refractivity contribution in [1.29, 1.82) is 0 Å². The normalized spacial score (nSPS) is 59.6. The molecule has 0 radical (unpaired) electrons. The molecule has 4 aliphatic rings. The first-order chi connectivity index (χ1) is 11.6. The molecule has 0 aromatic carbocycles. The molecule has 4 fully saturated rings. The lowest BCUT2D eigenvalue weighted by Crippen LogP contribution is -2.67. The third kappa shape index (κ3) is 2.20. The molecule has 0 heterocycles. The average molecular weight is 353 g/mol. The van der Waals surface area contributed by atoms with Gasteiger partial charge in [0, 0.05) is 5.41 Å². The van der Waals surface area contributed by atoms with E-state index in [1.54, 1.807) is 6.92 Å². The Hall–Kier alpha value is -0.160. The Balaban J connectivity index is 1.71. The molecule has 0 aliphatic heterocycles. The first kappa shape index (κ1) is 18.2. The quantitative estimate of drug-likeness (QED) is 0.584. The van der Waals surface area contributed by atoms with Crippen LogP contribution in [0.1, 0.15) is 72.1 Å². The van der Waals surface area contributed by atoms with Crippen LogP contribution in [0.4, 0.5) is 0 Å². The molecular weight excluding hydrogens is 316 g/mol. The van der Waals surface area contributed by atoms with Crippen LogP contribution in [-0.4, -0.2) is 44.3 Å². The molecule has 1 unspecified atom stereocenters. The van der Waals surface area contributed by atoms with E-state index in [0.29, 0.717) is 18.3 Å². The van der Waals surface area contributed by atoms with Gasteiger partial charge in [0.15, 0.2) is 0 Å². The number of hydrogen-bond donors (Lipinski definition) is 4. The van der Waals surface area contributed by atoms with Crippen molar-refractivity contribution in [3.05, 3.63) is 0 Å². The fourth-order valence-corrected chi connectivity index (χ4v) is 7.99. The molecule has 10 atom stereocenters. The van der Waals surface area contributed by atoms with Crippen LogP contribution < -0.4 is 0 Å². The van der Waals surface area contributed by atoms with Crippen LogP contribution in [0.25, 0.3) is 0 Å². The van der Waals surface area contributed by atoms with Crippen molar-refractivity contribution in [3.8, 4) is 0 Å². The van der Waals surface area contributed by atoms with Gasteiger partial charge in [-0.3, -0.25) is 0 Å². The fourth-order valence-electron chi connectivity index (χ4n) is 7.99. The molecule has 0 amide bonds. The minimum absolute atomic E-state index is 0.0350. The average Bonchev–Trinajstić information content (AvgIpc) is 2.83. The van der Waals surface area contributed by atoms with Gasteiger partial charge in [0.25, 0.3) is 0 Å². The van der Waals surface area contributed by atoms with Gasteiger partial charge >= 0.3 is 0 Å². The van der Waals surface area contributed by atoms with E-state index in [4.69, 9.17) is 0 Å². The van der Waals surface area contributed by atoms with E-state index in [-0.39, 0.29) is 23.4 Å². The summed E-state index contributed by atoms with van der Waals surface area (Å²) in [4.78, 5) is 0. The van der Waals surface area contributed by atoms with Crippen molar-refractivity contribution >= 4 is 0 Å². The maximum Gasteiger partial charge on any atom is 0.0760 e. The molecule has 0 bridgehead atoms. The molecule has 0 spiro atoms. The lowest BCUT2D eigenvalue weighted by molar-refractivity contribution is -0.252. The van der Waals surface area contributed by atoms with E-state index in [1.165, 1.54) is 0 Å². The zero-order valence-corrected chi connectivity index (χ0v) is 16.0. The van der Waals surface area contributed by atoms with Gasteiger partial charge in [-0.05, 0) is 87.4 Å². The minimum atomic E-state index is -0.874. The van der Waals surface area contributed by atoms with Crippen LogP contribution in [0.2, 0.25) is 0 Å². The number of hydrogen-bond acceptors (Lipinski definition) is 4. The van der Waals surface area contributed by atoms with Crippen LogP contribution in [-0.2, 0) is 0 Å². The van der Waals surface area contributed by atoms with Crippen molar-refractivity contribution in [2.45, 2.75) is 96.1 Å². The lowest BCUT2D eigenvalue weighted by atomic mass is 9.42. The van der Waals surface area contributed by atoms with Crippen LogP contribution in [0, 0.1) is 34.5 Å². The fraction of sp³-hybridized carbons (Fsp3) is 1.00. The first-order valence-corrected chi connectivity index (χ1v) is 10.4. The maximum atomic E-state index is 11.9. The second-order valence-electron chi connectivity index (χ2n) is 10.3. The van der Waals surface area contributed by atoms with Crippen molar-refractivity contribution in [2.75, 3.05) is 0 Å². The Morgan fingerprint density at radius 3 is 2.32 bits per heavy atom. The third-order valence-electron chi connectivity index (χ3n) is 9.57. The molecule has 25 heavy (non-hydrogen) atoms. The smallest absolute Gasteiger partial charge is 0.0760 e. The van der Waals surface area contributed by atoms with E-state index in [2.05, 4.69) is 6.92 Å². The van der Waals surface area contributed by atoms with Crippen LogP contribution >= 0.6 is 0 Å². The standard InChI is InChI=1S/C21H36O4/c1-12(22)15-7-9-21(25)16-5-4-13-10-14(23)6-8-19(13,2)17(16)11-18(24)20(15,21)3/h12-18,22-25H,4-11H2,1-3H3/t12?,13-,14-,15+,16+,17-,18+,19-,20-,21-/m0/s1. The Bertz CT molecular complexity index is 536. The molecule has 4 heteroatoms. The summed E-state index contributed by atoms with van der Waals surface area (Å²) in [5.74, 6) is 1.000. The highest BCUT2D eigenvalue weighted by Gasteiger charge is 2.70. The second kappa shape index (κ2) is 5.67. The molecule has 0 saturated heterocycles. The Kier molecular flexibility index (Phi) is 4.13. The molecule has 4 nitrogen and oxygen atoms in total. The van der Waals surface area contributed by atoms with Crippen molar-refractivity contribution in [3.63, 3.8) is 0 Å². The van der Waals surface area contributed by atoms with E-state index < -0.39 is 23.2 Å². The first-order valence-electron chi connectivity index (χ1n) is 10.4. The zero-order chi connectivity index (χ0) is 18.2. The van der Waals surface area contributed by atoms with Gasteiger partial charge in [-0.2, -0.15) is 0 Å². The predicted molar refractivity (Wildman–Crippen MR) is 95.8 cm³/mol. The van der Waals surface area contributed by atoms with Crippen LogP contribution in [0.5, 0.6) is 0 Å². The highest BCUT2D eigenvalue weighted by atomic mass is 16.3. The second-order valence-corrected chi connectivity index (χ2v) is 10.3. The molecule has 144 valence electrons. The molecule has 0 aromatic heterocycles. The van der Waals surface area contributed by atoms with Gasteiger partial charge in [0.1, 0.15) is 0 Å². The molecule has 4 rings (SSSR count). The summed E-state index contributed by atoms with van der Waals surface area (Å²) in [5.41, 5.74) is -1.37. The summed E-state index contributed by atoms with van der Waals surface area (Å²) in [6.45, 7) is 6.18. The van der Waals surface area contributed by atoms with E-state index in [0.717, 1.165) is 44.9 Å². The SMILES string of the molecule is CC(O)[C@H]1CC[C@]2(O)[C@@H]3CC[C@H]4C[C@@H](O)CC[C@]4(C)[C@H]3C[C@@H](O)[C@]12C. The summed E-state index contributed by atoms with van der Waals surface area (Å²) >= 11 is 0. The Morgan fingerprint density at radius 2 is 1.64 bits per heavy atom. The van der Waals surface area contributed by atoms with Gasteiger partial charge in [-0.25, -0.2) is 0 Å². The molecule has 4 aliphatic carbocycles. The zero-order valence-electron chi connectivity index (χ0n) is 16.0.